The molecule has 0 amide bonds. The van der Waals surface area contributed by atoms with Gasteiger partial charge in [0.05, 0.1) is 0 Å². The smallest absolute Gasteiger partial charge is 0.306 e. The van der Waals surface area contributed by atoms with Gasteiger partial charge in [-0.2, -0.15) is 0 Å². The van der Waals surface area contributed by atoms with Crippen molar-refractivity contribution >= 4 is 27.0 Å². The van der Waals surface area contributed by atoms with Gasteiger partial charge in [-0.05, 0) is 26.0 Å². The minimum Gasteiger partial charge on any atom is -0.315 e. The lowest BCUT2D eigenvalue weighted by atomic mass is 10.2. The maximum Gasteiger partial charge on any atom is 0.306 e. The molecule has 96 valence electrons. The SMILES string of the molecule is Cc1ccc(NS(=O)(=O)c2sc(=O)[nH]c2C)cc1. The molecule has 18 heavy (non-hydrogen) atoms. The summed E-state index contributed by atoms with van der Waals surface area (Å²) in [6, 6.07) is 6.98. The van der Waals surface area contributed by atoms with Crippen LogP contribution in [0.5, 0.6) is 0 Å². The van der Waals surface area contributed by atoms with Crippen molar-refractivity contribution in [2.45, 2.75) is 18.1 Å². The van der Waals surface area contributed by atoms with Crippen molar-refractivity contribution < 1.29 is 8.42 Å². The summed E-state index contributed by atoms with van der Waals surface area (Å²) in [6.07, 6.45) is 0. The standard InChI is InChI=1S/C11H12N2O3S2/c1-7-3-5-9(6-4-7)13-18(15,16)10-8(2)12-11(14)17-10/h3-6,13H,1-2H3,(H,12,14). The normalized spacial score (nSPS) is 11.4. The minimum absolute atomic E-state index is 0.0214. The van der Waals surface area contributed by atoms with E-state index in [2.05, 4.69) is 9.71 Å². The first-order valence-corrected chi connectivity index (χ1v) is 7.47. The van der Waals surface area contributed by atoms with Gasteiger partial charge >= 0.3 is 4.87 Å². The molecular formula is C11H12N2O3S2. The number of H-pyrrole nitrogens is 1. The molecule has 0 fully saturated rings. The van der Waals surface area contributed by atoms with Gasteiger partial charge < -0.3 is 4.98 Å². The molecule has 2 rings (SSSR count). The highest BCUT2D eigenvalue weighted by Crippen LogP contribution is 2.20. The first-order chi connectivity index (χ1) is 8.38. The summed E-state index contributed by atoms with van der Waals surface area (Å²) in [5, 5.41) is 0. The summed E-state index contributed by atoms with van der Waals surface area (Å²) >= 11 is 0.682. The van der Waals surface area contributed by atoms with Gasteiger partial charge in [0.15, 0.2) is 4.21 Å². The molecule has 0 aliphatic heterocycles. The average Bonchev–Trinajstić information content (AvgIpc) is 2.62. The Balaban J connectivity index is 2.36. The van der Waals surface area contributed by atoms with E-state index in [1.165, 1.54) is 0 Å². The monoisotopic (exact) mass is 284 g/mol. The van der Waals surface area contributed by atoms with Gasteiger partial charge in [-0.15, -0.1) is 0 Å². The number of sulfonamides is 1. The van der Waals surface area contributed by atoms with Gasteiger partial charge in [-0.3, -0.25) is 9.52 Å². The zero-order valence-electron chi connectivity index (χ0n) is 9.85. The molecule has 2 aromatic rings. The molecule has 1 heterocycles. The van der Waals surface area contributed by atoms with Crippen molar-refractivity contribution in [3.8, 4) is 0 Å². The van der Waals surface area contributed by atoms with Crippen LogP contribution >= 0.6 is 11.3 Å². The Labute approximate surface area is 109 Å². The maximum atomic E-state index is 12.1. The number of aromatic nitrogens is 1. The Morgan fingerprint density at radius 2 is 1.78 bits per heavy atom. The van der Waals surface area contributed by atoms with Gasteiger partial charge in [-0.25, -0.2) is 8.42 Å². The number of nitrogens with one attached hydrogen (secondary N) is 2. The minimum atomic E-state index is -3.70. The van der Waals surface area contributed by atoms with Crippen molar-refractivity contribution in [3.63, 3.8) is 0 Å². The Bertz CT molecular complexity index is 711. The van der Waals surface area contributed by atoms with Crippen LogP contribution in [0.15, 0.2) is 33.3 Å². The number of benzene rings is 1. The van der Waals surface area contributed by atoms with Crippen LogP contribution in [0.1, 0.15) is 11.3 Å². The van der Waals surface area contributed by atoms with E-state index in [-0.39, 0.29) is 9.08 Å². The highest BCUT2D eigenvalue weighted by atomic mass is 32.2. The van der Waals surface area contributed by atoms with Crippen molar-refractivity contribution in [1.29, 1.82) is 0 Å². The first kappa shape index (κ1) is 12.8. The van der Waals surface area contributed by atoms with E-state index in [0.29, 0.717) is 22.7 Å². The molecule has 5 nitrogen and oxygen atoms in total. The van der Waals surface area contributed by atoms with E-state index in [1.807, 2.05) is 19.1 Å². The molecular weight excluding hydrogens is 272 g/mol. The Hall–Kier alpha value is -1.60. The highest BCUT2D eigenvalue weighted by Gasteiger charge is 2.20. The second kappa shape index (κ2) is 4.58. The summed E-state index contributed by atoms with van der Waals surface area (Å²) in [7, 11) is -3.70. The van der Waals surface area contributed by atoms with E-state index >= 15 is 0 Å². The quantitative estimate of drug-likeness (QED) is 0.902. The van der Waals surface area contributed by atoms with Gasteiger partial charge in [0.2, 0.25) is 0 Å². The van der Waals surface area contributed by atoms with Crippen LogP contribution in [0.25, 0.3) is 0 Å². The number of aromatic amines is 1. The predicted octanol–water partition coefficient (Wildman–Crippen LogP) is 1.85. The third kappa shape index (κ3) is 2.62. The van der Waals surface area contributed by atoms with Crippen LogP contribution in [0.2, 0.25) is 0 Å². The third-order valence-electron chi connectivity index (χ3n) is 2.33. The lowest BCUT2D eigenvalue weighted by molar-refractivity contribution is 0.602. The lowest BCUT2D eigenvalue weighted by Gasteiger charge is -2.06. The van der Waals surface area contributed by atoms with Crippen molar-refractivity contribution in [2.24, 2.45) is 0 Å². The van der Waals surface area contributed by atoms with Gasteiger partial charge in [0, 0.05) is 11.4 Å². The topological polar surface area (TPSA) is 79.0 Å². The summed E-state index contributed by atoms with van der Waals surface area (Å²) in [6.45, 7) is 3.47. The molecule has 0 radical (unpaired) electrons. The van der Waals surface area contributed by atoms with E-state index in [0.717, 1.165) is 5.56 Å². The molecule has 7 heteroatoms. The van der Waals surface area contributed by atoms with Crippen molar-refractivity contribution in [1.82, 2.24) is 4.98 Å². The summed E-state index contributed by atoms with van der Waals surface area (Å²) in [5.41, 5.74) is 1.87. The predicted molar refractivity (Wildman–Crippen MR) is 71.7 cm³/mol. The lowest BCUT2D eigenvalue weighted by Crippen LogP contribution is -2.12. The largest absolute Gasteiger partial charge is 0.315 e. The molecule has 0 bridgehead atoms. The average molecular weight is 284 g/mol. The Morgan fingerprint density at radius 1 is 1.17 bits per heavy atom. The number of anilines is 1. The van der Waals surface area contributed by atoms with Crippen molar-refractivity contribution in [3.05, 3.63) is 45.2 Å². The molecule has 0 saturated heterocycles. The number of hydrogen-bond acceptors (Lipinski definition) is 4. The van der Waals surface area contributed by atoms with Crippen LogP contribution in [0, 0.1) is 13.8 Å². The second-order valence-corrected chi connectivity index (χ2v) is 6.76. The molecule has 0 atom stereocenters. The zero-order chi connectivity index (χ0) is 13.3. The number of thiazole rings is 1. The summed E-state index contributed by atoms with van der Waals surface area (Å²) in [5.74, 6) is 0. The summed E-state index contributed by atoms with van der Waals surface area (Å²) in [4.78, 5) is 13.2. The number of hydrogen-bond donors (Lipinski definition) is 2. The number of rotatable bonds is 3. The molecule has 0 saturated carbocycles. The zero-order valence-corrected chi connectivity index (χ0v) is 11.5. The molecule has 0 aliphatic carbocycles. The van der Waals surface area contributed by atoms with E-state index in [4.69, 9.17) is 0 Å². The number of aryl methyl sites for hydroxylation is 2. The first-order valence-electron chi connectivity index (χ1n) is 5.18. The van der Waals surface area contributed by atoms with E-state index in [1.54, 1.807) is 19.1 Å². The van der Waals surface area contributed by atoms with Gasteiger partial charge in [-0.1, -0.05) is 29.0 Å². The Kier molecular flexibility index (Phi) is 3.27. The van der Waals surface area contributed by atoms with Crippen LogP contribution in [-0.4, -0.2) is 13.4 Å². The van der Waals surface area contributed by atoms with E-state index < -0.39 is 10.0 Å². The Morgan fingerprint density at radius 3 is 2.28 bits per heavy atom. The van der Waals surface area contributed by atoms with Crippen LogP contribution in [-0.2, 0) is 10.0 Å². The summed E-state index contributed by atoms with van der Waals surface area (Å²) < 4.78 is 26.6. The molecule has 0 unspecified atom stereocenters. The fraction of sp³-hybridized carbons (Fsp3) is 0.182. The van der Waals surface area contributed by atoms with E-state index in [9.17, 15) is 13.2 Å². The molecule has 0 aliphatic rings. The van der Waals surface area contributed by atoms with Gasteiger partial charge in [0.1, 0.15) is 0 Å². The third-order valence-corrected chi connectivity index (χ3v) is 5.32. The fourth-order valence-corrected chi connectivity index (χ4v) is 3.83. The molecule has 1 aromatic carbocycles. The second-order valence-electron chi connectivity index (χ2n) is 3.90. The van der Waals surface area contributed by atoms with Crippen LogP contribution in [0.4, 0.5) is 5.69 Å². The molecule has 1 aromatic heterocycles. The van der Waals surface area contributed by atoms with Crippen LogP contribution in [0.3, 0.4) is 0 Å². The van der Waals surface area contributed by atoms with Crippen LogP contribution < -0.4 is 9.60 Å². The maximum absolute atomic E-state index is 12.1. The van der Waals surface area contributed by atoms with Gasteiger partial charge in [0.25, 0.3) is 10.0 Å². The molecule has 0 spiro atoms. The van der Waals surface area contributed by atoms with Crippen molar-refractivity contribution in [2.75, 3.05) is 4.72 Å². The highest BCUT2D eigenvalue weighted by molar-refractivity contribution is 7.94. The molecule has 2 N–H and O–H groups in total. The fourth-order valence-electron chi connectivity index (χ4n) is 1.47.